The number of nitrogens with one attached hydrogen (secondary N) is 2. The van der Waals surface area contributed by atoms with Crippen LogP contribution >= 0.6 is 0 Å². The molecule has 10 nitrogen and oxygen atoms in total. The van der Waals surface area contributed by atoms with Crippen molar-refractivity contribution in [3.8, 4) is 5.75 Å². The van der Waals surface area contributed by atoms with Crippen LogP contribution in [0.2, 0.25) is 0 Å². The molecule has 4 atom stereocenters. The highest BCUT2D eigenvalue weighted by Crippen LogP contribution is 2.39. The van der Waals surface area contributed by atoms with Gasteiger partial charge in [-0.2, -0.15) is 0 Å². The summed E-state index contributed by atoms with van der Waals surface area (Å²) in [5.41, 5.74) is 9.91. The molecule has 5 rings (SSSR count). The topological polar surface area (TPSA) is 126 Å². The first-order valence-electron chi connectivity index (χ1n) is 15.3. The van der Waals surface area contributed by atoms with Gasteiger partial charge >= 0.3 is 0 Å². The number of nitrogens with zero attached hydrogens (tertiary/aromatic N) is 4. The van der Waals surface area contributed by atoms with E-state index in [4.69, 9.17) is 10.5 Å². The van der Waals surface area contributed by atoms with Gasteiger partial charge in [0.25, 0.3) is 0 Å². The summed E-state index contributed by atoms with van der Waals surface area (Å²) in [6, 6.07) is 11.0. The van der Waals surface area contributed by atoms with Crippen LogP contribution in [-0.2, 0) is 16.0 Å². The van der Waals surface area contributed by atoms with Crippen molar-refractivity contribution in [2.24, 2.45) is 17.1 Å². The van der Waals surface area contributed by atoms with Gasteiger partial charge in [0.05, 0.1) is 24.2 Å². The van der Waals surface area contributed by atoms with E-state index in [1.807, 2.05) is 52.9 Å². The molecule has 0 spiro atoms. The summed E-state index contributed by atoms with van der Waals surface area (Å²) in [4.78, 5) is 41.0. The molecule has 1 fully saturated rings. The monoisotopic (exact) mass is 587 g/mol. The number of fused-ring (bicyclic) bond motifs is 2. The second kappa shape index (κ2) is 12.5. The number of hydrogen-bond donors (Lipinski definition) is 3. The Morgan fingerprint density at radius 3 is 2.60 bits per heavy atom. The number of hydrogen-bond acceptors (Lipinski definition) is 8. The Hall–Kier alpha value is -3.76. The Morgan fingerprint density at radius 2 is 1.88 bits per heavy atom. The van der Waals surface area contributed by atoms with Gasteiger partial charge in [-0.15, -0.1) is 0 Å². The van der Waals surface area contributed by atoms with Crippen LogP contribution < -0.4 is 26.0 Å². The number of carbonyl (C=O) groups is 2. The van der Waals surface area contributed by atoms with E-state index in [1.165, 1.54) is 5.56 Å². The standard InChI is InChI=1S/C33H45N7O3/c1-20(35-5)29(34)28(33(2,3)4)32(42)40-16-10-14-26(40)31(41)38-24-17-22-23(18-27(24)43-6)36-19-37-30(22)39-15-9-12-21-11-7-8-13-25(21)39/h7-8,11,13,17-20,26,28-29,35H,9-10,12,14-16,34H2,1-6H3,(H,38,41)/t20-,26-,28-,29?/m0/s1. The van der Waals surface area contributed by atoms with Crippen molar-refractivity contribution in [2.75, 3.05) is 37.5 Å². The molecule has 43 heavy (non-hydrogen) atoms. The summed E-state index contributed by atoms with van der Waals surface area (Å²) in [5, 5.41) is 7.10. The minimum Gasteiger partial charge on any atom is -0.494 e. The van der Waals surface area contributed by atoms with E-state index in [1.54, 1.807) is 18.3 Å². The van der Waals surface area contributed by atoms with E-state index in [-0.39, 0.29) is 23.3 Å². The predicted octanol–water partition coefficient (Wildman–Crippen LogP) is 4.25. The maximum atomic E-state index is 14.0. The van der Waals surface area contributed by atoms with E-state index in [2.05, 4.69) is 43.7 Å². The minimum absolute atomic E-state index is 0.0619. The molecule has 2 amide bonds. The molecule has 3 heterocycles. The summed E-state index contributed by atoms with van der Waals surface area (Å²) >= 11 is 0. The third-order valence-electron chi connectivity index (χ3n) is 9.01. The van der Waals surface area contributed by atoms with E-state index in [9.17, 15) is 9.59 Å². The largest absolute Gasteiger partial charge is 0.494 e. The van der Waals surface area contributed by atoms with Crippen molar-refractivity contribution in [3.05, 3.63) is 48.3 Å². The molecule has 2 aromatic carbocycles. The molecule has 2 aliphatic rings. The van der Waals surface area contributed by atoms with Gasteiger partial charge in [0.1, 0.15) is 23.9 Å². The average Bonchev–Trinajstić information content (AvgIpc) is 3.49. The van der Waals surface area contributed by atoms with E-state index in [0.29, 0.717) is 24.4 Å². The molecule has 10 heteroatoms. The first-order valence-corrected chi connectivity index (χ1v) is 15.3. The molecule has 1 saturated heterocycles. The zero-order valence-corrected chi connectivity index (χ0v) is 26.2. The van der Waals surface area contributed by atoms with Crippen molar-refractivity contribution >= 4 is 39.9 Å². The van der Waals surface area contributed by atoms with Crippen LogP contribution in [0, 0.1) is 11.3 Å². The molecule has 230 valence electrons. The fraction of sp³-hybridized carbons (Fsp3) is 0.515. The van der Waals surface area contributed by atoms with Crippen molar-refractivity contribution in [2.45, 2.75) is 71.5 Å². The molecule has 0 aliphatic carbocycles. The smallest absolute Gasteiger partial charge is 0.247 e. The highest BCUT2D eigenvalue weighted by molar-refractivity contribution is 6.03. The van der Waals surface area contributed by atoms with Crippen LogP contribution in [0.5, 0.6) is 5.75 Å². The van der Waals surface area contributed by atoms with Crippen LogP contribution in [0.1, 0.15) is 52.5 Å². The molecular formula is C33H45N7O3. The average molecular weight is 588 g/mol. The number of nitrogens with two attached hydrogens (primary N) is 1. The molecule has 4 N–H and O–H groups in total. The fourth-order valence-electron chi connectivity index (χ4n) is 6.60. The van der Waals surface area contributed by atoms with Crippen LogP contribution in [-0.4, -0.2) is 72.1 Å². The van der Waals surface area contributed by atoms with Gasteiger partial charge in [0.2, 0.25) is 11.8 Å². The normalized spacial score (nSPS) is 19.1. The van der Waals surface area contributed by atoms with Crippen LogP contribution in [0.3, 0.4) is 0 Å². The first-order chi connectivity index (χ1) is 20.5. The number of amides is 2. The number of ether oxygens (including phenoxy) is 1. The molecule has 3 aromatic rings. The molecule has 0 radical (unpaired) electrons. The number of rotatable bonds is 8. The summed E-state index contributed by atoms with van der Waals surface area (Å²) in [6.07, 6.45) is 4.94. The molecule has 2 aliphatic heterocycles. The minimum atomic E-state index is -0.602. The van der Waals surface area contributed by atoms with E-state index < -0.39 is 18.0 Å². The van der Waals surface area contributed by atoms with Gasteiger partial charge < -0.3 is 30.9 Å². The summed E-state index contributed by atoms with van der Waals surface area (Å²) < 4.78 is 5.69. The third-order valence-corrected chi connectivity index (χ3v) is 9.01. The number of methoxy groups -OCH3 is 1. The van der Waals surface area contributed by atoms with Crippen molar-refractivity contribution in [1.29, 1.82) is 0 Å². The Bertz CT molecular complexity index is 1490. The maximum absolute atomic E-state index is 14.0. The van der Waals surface area contributed by atoms with Crippen molar-refractivity contribution in [3.63, 3.8) is 0 Å². The Labute approximate surface area is 254 Å². The maximum Gasteiger partial charge on any atom is 0.247 e. The zero-order chi connectivity index (χ0) is 30.9. The van der Waals surface area contributed by atoms with Gasteiger partial charge in [-0.05, 0) is 62.8 Å². The number of carbonyl (C=O) groups excluding carboxylic acids is 2. The Balaban J connectivity index is 1.46. The van der Waals surface area contributed by atoms with Gasteiger partial charge in [-0.3, -0.25) is 9.59 Å². The molecule has 0 bridgehead atoms. The summed E-state index contributed by atoms with van der Waals surface area (Å²) in [6.45, 7) is 9.43. The second-order valence-electron chi connectivity index (χ2n) is 12.8. The second-order valence-corrected chi connectivity index (χ2v) is 12.8. The lowest BCUT2D eigenvalue weighted by atomic mass is 9.73. The van der Waals surface area contributed by atoms with Gasteiger partial charge in [0.15, 0.2) is 0 Å². The molecule has 1 aromatic heterocycles. The molecule has 1 unspecified atom stereocenters. The lowest BCUT2D eigenvalue weighted by molar-refractivity contribution is -0.144. The number of anilines is 3. The summed E-state index contributed by atoms with van der Waals surface area (Å²) in [7, 11) is 3.42. The Kier molecular flexibility index (Phi) is 8.89. The van der Waals surface area contributed by atoms with Gasteiger partial charge in [-0.25, -0.2) is 9.97 Å². The summed E-state index contributed by atoms with van der Waals surface area (Å²) in [5.74, 6) is 0.509. The lowest BCUT2D eigenvalue weighted by Crippen LogP contribution is -2.57. The van der Waals surface area contributed by atoms with Crippen LogP contribution in [0.25, 0.3) is 10.9 Å². The first kappa shape index (κ1) is 30.7. The van der Waals surface area contributed by atoms with Crippen molar-refractivity contribution < 1.29 is 14.3 Å². The fourth-order valence-corrected chi connectivity index (χ4v) is 6.60. The molecular weight excluding hydrogens is 542 g/mol. The SMILES string of the molecule is CN[C@@H](C)C(N)[C@@H](C(=O)N1CCC[C@H]1C(=O)Nc1cc2c(N3CCCc4ccccc43)ncnc2cc1OC)C(C)(C)C. The van der Waals surface area contributed by atoms with Crippen LogP contribution in [0.15, 0.2) is 42.7 Å². The zero-order valence-electron chi connectivity index (χ0n) is 26.2. The quantitative estimate of drug-likeness (QED) is 0.357. The number of likely N-dealkylation sites (tertiary alicyclic amines) is 1. The number of benzene rings is 2. The van der Waals surface area contributed by atoms with Crippen LogP contribution in [0.4, 0.5) is 17.2 Å². The predicted molar refractivity (Wildman–Crippen MR) is 171 cm³/mol. The lowest BCUT2D eigenvalue weighted by Gasteiger charge is -2.40. The van der Waals surface area contributed by atoms with Gasteiger partial charge in [-0.1, -0.05) is 39.0 Å². The third kappa shape index (κ3) is 6.03. The highest BCUT2D eigenvalue weighted by atomic mass is 16.5. The van der Waals surface area contributed by atoms with E-state index in [0.717, 1.165) is 48.2 Å². The number of aryl methyl sites for hydroxylation is 1. The van der Waals surface area contributed by atoms with E-state index >= 15 is 0 Å². The Morgan fingerprint density at radius 1 is 1.12 bits per heavy atom. The number of aromatic nitrogens is 2. The highest BCUT2D eigenvalue weighted by Gasteiger charge is 2.44. The number of likely N-dealkylation sites (N-methyl/N-ethyl adjacent to an activating group) is 1. The van der Waals surface area contributed by atoms with Gasteiger partial charge in [0, 0.05) is 42.3 Å². The number of para-hydroxylation sites is 1. The van der Waals surface area contributed by atoms with Crippen molar-refractivity contribution in [1.82, 2.24) is 20.2 Å². The molecule has 0 saturated carbocycles.